The molecule has 4 atom stereocenters. The first-order valence-electron chi connectivity index (χ1n) is 5.43. The second-order valence-corrected chi connectivity index (χ2v) is 6.28. The molecular formula is C12H22. The molecule has 0 amide bonds. The van der Waals surface area contributed by atoms with Gasteiger partial charge in [0.2, 0.25) is 0 Å². The van der Waals surface area contributed by atoms with Crippen molar-refractivity contribution in [2.45, 2.75) is 41.0 Å². The molecule has 2 saturated carbocycles. The first-order chi connectivity index (χ1) is 5.43. The molecule has 4 unspecified atom stereocenters. The molecule has 2 aliphatic carbocycles. The van der Waals surface area contributed by atoms with Crippen LogP contribution in [0.15, 0.2) is 0 Å². The monoisotopic (exact) mass is 166 g/mol. The largest absolute Gasteiger partial charge is 0.0625 e. The predicted octanol–water partition coefficient (Wildman–Crippen LogP) is 3.57. The molecule has 0 radical (unpaired) electrons. The Morgan fingerprint density at radius 1 is 1.08 bits per heavy atom. The minimum atomic E-state index is 0.562. The molecule has 0 spiro atoms. The maximum absolute atomic E-state index is 2.42. The summed E-state index contributed by atoms with van der Waals surface area (Å²) in [4.78, 5) is 0. The van der Waals surface area contributed by atoms with E-state index in [1.165, 1.54) is 0 Å². The van der Waals surface area contributed by atoms with Gasteiger partial charge >= 0.3 is 0 Å². The number of hydrogen-bond donors (Lipinski definition) is 0. The highest BCUT2D eigenvalue weighted by molar-refractivity contribution is 5.12. The molecule has 12 heavy (non-hydrogen) atoms. The summed E-state index contributed by atoms with van der Waals surface area (Å²) in [7, 11) is 0. The van der Waals surface area contributed by atoms with Crippen LogP contribution in [-0.4, -0.2) is 0 Å². The molecule has 0 nitrogen and oxygen atoms in total. The molecule has 0 aromatic rings. The smallest absolute Gasteiger partial charge is 0.0301 e. The average molecular weight is 166 g/mol. The highest BCUT2D eigenvalue weighted by Crippen LogP contribution is 2.70. The third-order valence-electron chi connectivity index (χ3n) is 4.03. The van der Waals surface area contributed by atoms with Crippen LogP contribution in [0.1, 0.15) is 41.0 Å². The molecule has 2 rings (SSSR count). The SMILES string of the molecule is CC(C)C1C2CC2C1C(C)(C)C. The average Bonchev–Trinajstić information content (AvgIpc) is 2.36. The Balaban J connectivity index is 2.08. The Morgan fingerprint density at radius 2 is 1.67 bits per heavy atom. The summed E-state index contributed by atoms with van der Waals surface area (Å²) in [6.07, 6.45) is 1.55. The van der Waals surface area contributed by atoms with E-state index in [4.69, 9.17) is 0 Å². The zero-order valence-electron chi connectivity index (χ0n) is 9.09. The Morgan fingerprint density at radius 3 is 2.00 bits per heavy atom. The second kappa shape index (κ2) is 2.27. The summed E-state index contributed by atoms with van der Waals surface area (Å²) in [5.74, 6) is 5.25. The van der Waals surface area contributed by atoms with E-state index < -0.39 is 0 Å². The van der Waals surface area contributed by atoms with Crippen molar-refractivity contribution in [2.24, 2.45) is 35.0 Å². The van der Waals surface area contributed by atoms with E-state index in [0.717, 1.165) is 29.6 Å². The molecule has 0 saturated heterocycles. The Hall–Kier alpha value is 0. The van der Waals surface area contributed by atoms with Crippen LogP contribution in [-0.2, 0) is 0 Å². The van der Waals surface area contributed by atoms with Gasteiger partial charge in [0.1, 0.15) is 0 Å². The van der Waals surface area contributed by atoms with Gasteiger partial charge < -0.3 is 0 Å². The van der Waals surface area contributed by atoms with Crippen molar-refractivity contribution < 1.29 is 0 Å². The first-order valence-corrected chi connectivity index (χ1v) is 5.43. The lowest BCUT2D eigenvalue weighted by atomic mass is 9.58. The summed E-state index contributed by atoms with van der Waals surface area (Å²) in [5, 5.41) is 0. The molecule has 0 aromatic heterocycles. The van der Waals surface area contributed by atoms with Crippen molar-refractivity contribution in [3.05, 3.63) is 0 Å². The maximum Gasteiger partial charge on any atom is -0.0301 e. The summed E-state index contributed by atoms with van der Waals surface area (Å²) in [6.45, 7) is 12.1. The van der Waals surface area contributed by atoms with Gasteiger partial charge in [-0.1, -0.05) is 34.6 Å². The zero-order chi connectivity index (χ0) is 9.09. The molecule has 70 valence electrons. The Kier molecular flexibility index (Phi) is 1.63. The van der Waals surface area contributed by atoms with Gasteiger partial charge in [0, 0.05) is 0 Å². The minimum absolute atomic E-state index is 0.562. The highest BCUT2D eigenvalue weighted by Gasteiger charge is 2.64. The lowest BCUT2D eigenvalue weighted by Gasteiger charge is -2.47. The Labute approximate surface area is 76.7 Å². The molecule has 0 N–H and O–H groups in total. The van der Waals surface area contributed by atoms with E-state index in [1.807, 2.05) is 0 Å². The van der Waals surface area contributed by atoms with Crippen molar-refractivity contribution in [1.82, 2.24) is 0 Å². The second-order valence-electron chi connectivity index (χ2n) is 6.28. The molecule has 0 heterocycles. The molecule has 0 bridgehead atoms. The van der Waals surface area contributed by atoms with E-state index in [2.05, 4.69) is 34.6 Å². The lowest BCUT2D eigenvalue weighted by Crippen LogP contribution is -2.42. The number of fused-ring (bicyclic) bond motifs is 1. The van der Waals surface area contributed by atoms with Gasteiger partial charge in [0.25, 0.3) is 0 Å². The molecule has 2 fully saturated rings. The van der Waals surface area contributed by atoms with Crippen LogP contribution in [0.5, 0.6) is 0 Å². The minimum Gasteiger partial charge on any atom is -0.0625 e. The number of rotatable bonds is 1. The fourth-order valence-corrected chi connectivity index (χ4v) is 3.63. The summed E-state index contributed by atoms with van der Waals surface area (Å²) in [5.41, 5.74) is 0.562. The van der Waals surface area contributed by atoms with Crippen LogP contribution in [0, 0.1) is 35.0 Å². The van der Waals surface area contributed by atoms with Crippen molar-refractivity contribution in [3.63, 3.8) is 0 Å². The van der Waals surface area contributed by atoms with Gasteiger partial charge in [-0.2, -0.15) is 0 Å². The molecular weight excluding hydrogens is 144 g/mol. The van der Waals surface area contributed by atoms with Crippen molar-refractivity contribution in [2.75, 3.05) is 0 Å². The summed E-state index contributed by atoms with van der Waals surface area (Å²) < 4.78 is 0. The molecule has 0 aromatic carbocycles. The van der Waals surface area contributed by atoms with Gasteiger partial charge in [-0.15, -0.1) is 0 Å². The third kappa shape index (κ3) is 1.03. The lowest BCUT2D eigenvalue weighted by molar-refractivity contribution is 0.0103. The van der Waals surface area contributed by atoms with Gasteiger partial charge in [0.05, 0.1) is 0 Å². The molecule has 0 aliphatic heterocycles. The zero-order valence-corrected chi connectivity index (χ0v) is 9.09. The van der Waals surface area contributed by atoms with Crippen molar-refractivity contribution in [1.29, 1.82) is 0 Å². The highest BCUT2D eigenvalue weighted by atomic mass is 14.7. The fourth-order valence-electron chi connectivity index (χ4n) is 3.63. The number of hydrogen-bond acceptors (Lipinski definition) is 0. The van der Waals surface area contributed by atoms with E-state index in [9.17, 15) is 0 Å². The van der Waals surface area contributed by atoms with Crippen LogP contribution in [0.3, 0.4) is 0 Å². The maximum atomic E-state index is 2.42. The van der Waals surface area contributed by atoms with Crippen molar-refractivity contribution in [3.8, 4) is 0 Å². The standard InChI is InChI=1S/C12H22/c1-7(2)10-8-6-9(8)11(10)12(3,4)5/h7-11H,6H2,1-5H3. The van der Waals surface area contributed by atoms with Crippen LogP contribution in [0.2, 0.25) is 0 Å². The van der Waals surface area contributed by atoms with Gasteiger partial charge in [-0.25, -0.2) is 0 Å². The van der Waals surface area contributed by atoms with E-state index in [-0.39, 0.29) is 0 Å². The van der Waals surface area contributed by atoms with Crippen LogP contribution in [0.4, 0.5) is 0 Å². The normalized spacial score (nSPS) is 45.5. The van der Waals surface area contributed by atoms with E-state index in [1.54, 1.807) is 6.42 Å². The molecule has 0 heteroatoms. The molecule has 2 aliphatic rings. The van der Waals surface area contributed by atoms with Crippen LogP contribution in [0.25, 0.3) is 0 Å². The van der Waals surface area contributed by atoms with E-state index >= 15 is 0 Å². The quantitative estimate of drug-likeness (QED) is 0.558. The predicted molar refractivity (Wildman–Crippen MR) is 52.9 cm³/mol. The summed E-state index contributed by atoms with van der Waals surface area (Å²) >= 11 is 0. The van der Waals surface area contributed by atoms with Crippen LogP contribution < -0.4 is 0 Å². The Bertz CT molecular complexity index is 183. The van der Waals surface area contributed by atoms with Gasteiger partial charge in [-0.05, 0) is 41.4 Å². The topological polar surface area (TPSA) is 0 Å². The van der Waals surface area contributed by atoms with Gasteiger partial charge in [0.15, 0.2) is 0 Å². The van der Waals surface area contributed by atoms with Crippen molar-refractivity contribution >= 4 is 0 Å². The summed E-state index contributed by atoms with van der Waals surface area (Å²) in [6, 6.07) is 0. The van der Waals surface area contributed by atoms with E-state index in [0.29, 0.717) is 5.41 Å². The first kappa shape index (κ1) is 8.59. The van der Waals surface area contributed by atoms with Crippen LogP contribution >= 0.6 is 0 Å². The fraction of sp³-hybridized carbons (Fsp3) is 1.00. The van der Waals surface area contributed by atoms with Gasteiger partial charge in [-0.3, -0.25) is 0 Å². The third-order valence-corrected chi connectivity index (χ3v) is 4.03.